The van der Waals surface area contributed by atoms with Crippen LogP contribution >= 0.6 is 0 Å². The van der Waals surface area contributed by atoms with Crippen molar-refractivity contribution >= 4 is 57.8 Å². The molecule has 0 aliphatic rings. The van der Waals surface area contributed by atoms with E-state index in [1.807, 2.05) is 0 Å². The van der Waals surface area contributed by atoms with Gasteiger partial charge >= 0.3 is 23.1 Å². The second-order valence-electron chi connectivity index (χ2n) is 0. The van der Waals surface area contributed by atoms with Crippen molar-refractivity contribution < 1.29 is 21.7 Å². The minimum Gasteiger partial charge on any atom is 0 e. The molecule has 0 atom stereocenters. The number of hydrogen-bond acceptors (Lipinski definition) is 0. The van der Waals surface area contributed by atoms with Gasteiger partial charge in [0, 0.05) is 21.7 Å². The first kappa shape index (κ1) is 31.1. The van der Waals surface area contributed by atoms with Crippen molar-refractivity contribution in [1.82, 2.24) is 0 Å². The van der Waals surface area contributed by atoms with Crippen molar-refractivity contribution in [2.24, 2.45) is 0 Å². The monoisotopic (exact) mass is 134 g/mol. The Morgan fingerprint density at radius 1 is 0.750 bits per heavy atom. The van der Waals surface area contributed by atoms with Gasteiger partial charge in [0.15, 0.2) is 34.7 Å². The van der Waals surface area contributed by atoms with Crippen molar-refractivity contribution in [2.45, 2.75) is 0 Å². The fourth-order valence-electron chi connectivity index (χ4n) is 0. The molecule has 0 aliphatic carbocycles. The molecule has 0 saturated heterocycles. The summed E-state index contributed by atoms with van der Waals surface area (Å²) in [4.78, 5) is 0. The Hall–Kier alpha value is 2.55. The molecule has 0 saturated carbocycles. The average Bonchev–Trinajstić information content (AvgIpc) is 0. The fraction of sp³-hybridized carbons (Fsp3) is 0. The van der Waals surface area contributed by atoms with Crippen LogP contribution in [0.2, 0.25) is 0 Å². The molecule has 4 heavy (non-hydrogen) atoms. The molecule has 0 bridgehead atoms. The van der Waals surface area contributed by atoms with Gasteiger partial charge in [-0.2, -0.15) is 0 Å². The van der Waals surface area contributed by atoms with Gasteiger partial charge in [-0.05, 0) is 0 Å². The Kier molecular flexibility index (Phi) is 137. The number of hydrogen-bond donors (Lipinski definition) is 0. The van der Waals surface area contributed by atoms with Crippen LogP contribution in [0.25, 0.3) is 0 Å². The maximum atomic E-state index is 0. The van der Waals surface area contributed by atoms with Gasteiger partial charge in [0.05, 0.1) is 0 Å². The molecule has 0 nitrogen and oxygen atoms in total. The van der Waals surface area contributed by atoms with Gasteiger partial charge < -0.3 is 0 Å². The van der Waals surface area contributed by atoms with Crippen molar-refractivity contribution in [2.75, 3.05) is 0 Å². The smallest absolute Gasteiger partial charge is 0 e. The first-order chi connectivity index (χ1) is 0. The van der Waals surface area contributed by atoms with Gasteiger partial charge in [0.1, 0.15) is 0 Å². The second-order valence-corrected chi connectivity index (χ2v) is 0. The summed E-state index contributed by atoms with van der Waals surface area (Å²) in [5.74, 6) is 0. The topological polar surface area (TPSA) is 0 Å². The van der Waals surface area contributed by atoms with E-state index in [2.05, 4.69) is 0 Å². The van der Waals surface area contributed by atoms with Crippen molar-refractivity contribution in [3.8, 4) is 0 Å². The zero-order valence-corrected chi connectivity index (χ0v) is 2.06. The minimum atomic E-state index is 0. The van der Waals surface area contributed by atoms with E-state index >= 15 is 0 Å². The van der Waals surface area contributed by atoms with E-state index in [4.69, 9.17) is 0 Å². The Bertz CT molecular complexity index is 6.00. The quantitative estimate of drug-likeness (QED) is 0.305. The summed E-state index contributed by atoms with van der Waals surface area (Å²) in [6.45, 7) is 0. The SMILES string of the molecule is [AlH3].[AlH3].[MgH2].[Ti]. The van der Waals surface area contributed by atoms with Gasteiger partial charge in [-0.25, -0.2) is 0 Å². The van der Waals surface area contributed by atoms with E-state index in [1.54, 1.807) is 0 Å². The first-order valence-electron chi connectivity index (χ1n) is 0. The molecule has 0 unspecified atom stereocenters. The molecule has 0 spiro atoms. The summed E-state index contributed by atoms with van der Waals surface area (Å²) in [5, 5.41) is 0. The standard InChI is InChI=1S/2Al.Mg.Ti.8H. The molecule has 0 heterocycles. The summed E-state index contributed by atoms with van der Waals surface area (Å²) in [6.07, 6.45) is 0. The third-order valence-electron chi connectivity index (χ3n) is 0. The van der Waals surface area contributed by atoms with E-state index in [9.17, 15) is 0 Å². The van der Waals surface area contributed by atoms with Crippen LogP contribution in [0.4, 0.5) is 0 Å². The zero-order chi connectivity index (χ0) is 0. The first-order valence-corrected chi connectivity index (χ1v) is 0. The van der Waals surface area contributed by atoms with Crippen LogP contribution in [-0.2, 0) is 21.7 Å². The van der Waals surface area contributed by atoms with Crippen LogP contribution in [0, 0.1) is 0 Å². The summed E-state index contributed by atoms with van der Waals surface area (Å²) in [5.41, 5.74) is 0. The molecule has 20 valence electrons. The van der Waals surface area contributed by atoms with E-state index < -0.39 is 0 Å². The van der Waals surface area contributed by atoms with E-state index in [0.29, 0.717) is 0 Å². The molecule has 0 N–H and O–H groups in total. The summed E-state index contributed by atoms with van der Waals surface area (Å²) < 4.78 is 0. The van der Waals surface area contributed by atoms with Gasteiger partial charge in [0.2, 0.25) is 0 Å². The maximum Gasteiger partial charge on any atom is 0.316 e. The molecule has 0 rings (SSSR count). The predicted octanol–water partition coefficient (Wildman–Crippen LogP) is -3.29. The zero-order valence-electron chi connectivity index (χ0n) is 0.500. The molecule has 0 fully saturated rings. The Morgan fingerprint density at radius 3 is 0.750 bits per heavy atom. The summed E-state index contributed by atoms with van der Waals surface area (Å²) >= 11 is 0. The largest absolute Gasteiger partial charge is 0.316 e. The molecular formula is H8Al2MgTi. The van der Waals surface area contributed by atoms with Crippen LogP contribution in [0.3, 0.4) is 0 Å². The van der Waals surface area contributed by atoms with Gasteiger partial charge in [-0.1, -0.05) is 0 Å². The van der Waals surface area contributed by atoms with Crippen LogP contribution in [0.1, 0.15) is 0 Å². The molecule has 0 aromatic rings. The fourth-order valence-corrected chi connectivity index (χ4v) is 0. The molecule has 0 aromatic carbocycles. The average molecular weight is 134 g/mol. The third-order valence-corrected chi connectivity index (χ3v) is 0. The molecule has 0 aliphatic heterocycles. The summed E-state index contributed by atoms with van der Waals surface area (Å²) in [6, 6.07) is 0. The van der Waals surface area contributed by atoms with Crippen LogP contribution in [-0.4, -0.2) is 57.8 Å². The van der Waals surface area contributed by atoms with Crippen LogP contribution < -0.4 is 0 Å². The van der Waals surface area contributed by atoms with E-state index in [-0.39, 0.29) is 79.5 Å². The maximum absolute atomic E-state index is 0. The third kappa shape index (κ3) is 8.82. The minimum absolute atomic E-state index is 0. The second kappa shape index (κ2) is 17.7. The molecule has 0 aromatic heterocycles. The normalized spacial score (nSPS) is 0. The van der Waals surface area contributed by atoms with E-state index in [1.165, 1.54) is 0 Å². The van der Waals surface area contributed by atoms with Gasteiger partial charge in [-0.3, -0.25) is 0 Å². The Balaban J connectivity index is 0. The predicted molar refractivity (Wildman–Crippen MR) is 28.4 cm³/mol. The van der Waals surface area contributed by atoms with Crippen LogP contribution in [0.5, 0.6) is 0 Å². The van der Waals surface area contributed by atoms with Crippen molar-refractivity contribution in [1.29, 1.82) is 0 Å². The van der Waals surface area contributed by atoms with Crippen molar-refractivity contribution in [3.63, 3.8) is 0 Å². The van der Waals surface area contributed by atoms with Crippen molar-refractivity contribution in [3.05, 3.63) is 0 Å². The molecule has 0 amide bonds. The van der Waals surface area contributed by atoms with Gasteiger partial charge in [0.25, 0.3) is 0 Å². The van der Waals surface area contributed by atoms with E-state index in [0.717, 1.165) is 0 Å². The molecular weight excluding hydrogens is 126 g/mol. The van der Waals surface area contributed by atoms with Gasteiger partial charge in [-0.15, -0.1) is 0 Å². The Morgan fingerprint density at radius 2 is 0.750 bits per heavy atom. The number of rotatable bonds is 0. The summed E-state index contributed by atoms with van der Waals surface area (Å²) in [7, 11) is 0. The Labute approximate surface area is 78.4 Å². The van der Waals surface area contributed by atoms with Crippen LogP contribution in [0.15, 0.2) is 0 Å². The molecule has 0 radical (unpaired) electrons. The molecule has 4 heteroatoms.